The molecule has 0 atom stereocenters. The van der Waals surface area contributed by atoms with Crippen LogP contribution < -0.4 is 0 Å². The fraction of sp³-hybridized carbons (Fsp3) is 0.417. The Morgan fingerprint density at radius 3 is 2.53 bits per heavy atom. The van der Waals surface area contributed by atoms with Crippen molar-refractivity contribution in [3.05, 3.63) is 35.9 Å². The first-order valence-corrected chi connectivity index (χ1v) is 5.60. The molecule has 0 amide bonds. The number of rotatable bonds is 6. The quantitative estimate of drug-likeness (QED) is 0.548. The zero-order chi connectivity index (χ0) is 11.1. The average Bonchev–Trinajstić information content (AvgIpc) is 2.27. The van der Waals surface area contributed by atoms with Crippen molar-refractivity contribution >= 4 is 17.4 Å². The zero-order valence-corrected chi connectivity index (χ0v) is 9.70. The lowest BCUT2D eigenvalue weighted by Crippen LogP contribution is -2.23. The van der Waals surface area contributed by atoms with Gasteiger partial charge in [-0.25, -0.2) is 0 Å². The number of ketones is 1. The number of alkyl halides is 1. The van der Waals surface area contributed by atoms with Crippen molar-refractivity contribution in [2.45, 2.75) is 6.42 Å². The van der Waals surface area contributed by atoms with E-state index in [1.165, 1.54) is 0 Å². The first kappa shape index (κ1) is 12.2. The van der Waals surface area contributed by atoms with Crippen LogP contribution in [0.4, 0.5) is 0 Å². The maximum Gasteiger partial charge on any atom is 0.164 e. The van der Waals surface area contributed by atoms with Crippen molar-refractivity contribution in [1.82, 2.24) is 4.90 Å². The van der Waals surface area contributed by atoms with E-state index >= 15 is 0 Å². The predicted octanol–water partition coefficient (Wildman–Crippen LogP) is 2.43. The molecule has 0 bridgehead atoms. The molecule has 0 aromatic heterocycles. The molecule has 1 rings (SSSR count). The fourth-order valence-electron chi connectivity index (χ4n) is 1.32. The normalized spacial score (nSPS) is 10.6. The third-order valence-corrected chi connectivity index (χ3v) is 2.45. The minimum Gasteiger partial charge on any atom is -0.305 e. The molecule has 0 spiro atoms. The highest BCUT2D eigenvalue weighted by molar-refractivity contribution is 6.18. The zero-order valence-electron chi connectivity index (χ0n) is 8.95. The van der Waals surface area contributed by atoms with Gasteiger partial charge in [0.2, 0.25) is 0 Å². The predicted molar refractivity (Wildman–Crippen MR) is 63.6 cm³/mol. The summed E-state index contributed by atoms with van der Waals surface area (Å²) < 4.78 is 0. The standard InChI is InChI=1S/C12H16ClNO/c1-14(10-8-13)9-7-12(15)11-5-3-2-4-6-11/h2-6H,7-10H2,1H3. The molecule has 0 radical (unpaired) electrons. The van der Waals surface area contributed by atoms with E-state index in [0.29, 0.717) is 12.3 Å². The molecule has 0 N–H and O–H groups in total. The van der Waals surface area contributed by atoms with Crippen LogP contribution in [-0.2, 0) is 0 Å². The number of benzene rings is 1. The SMILES string of the molecule is CN(CCCl)CCC(=O)c1ccccc1. The van der Waals surface area contributed by atoms with Crippen LogP contribution in [0.5, 0.6) is 0 Å². The molecule has 1 aromatic rings. The third kappa shape index (κ3) is 4.45. The van der Waals surface area contributed by atoms with Gasteiger partial charge in [0.15, 0.2) is 5.78 Å². The van der Waals surface area contributed by atoms with E-state index in [1.807, 2.05) is 37.4 Å². The Bertz CT molecular complexity index is 300. The Hall–Kier alpha value is -0.860. The van der Waals surface area contributed by atoms with Gasteiger partial charge in [-0.1, -0.05) is 30.3 Å². The van der Waals surface area contributed by atoms with Gasteiger partial charge < -0.3 is 4.90 Å². The average molecular weight is 226 g/mol. The fourth-order valence-corrected chi connectivity index (χ4v) is 1.61. The van der Waals surface area contributed by atoms with Crippen LogP contribution in [-0.4, -0.2) is 36.7 Å². The molecule has 0 saturated carbocycles. The highest BCUT2D eigenvalue weighted by Crippen LogP contribution is 2.03. The minimum atomic E-state index is 0.192. The molecule has 0 aliphatic rings. The van der Waals surface area contributed by atoms with Gasteiger partial charge in [0.05, 0.1) is 0 Å². The Morgan fingerprint density at radius 2 is 1.93 bits per heavy atom. The summed E-state index contributed by atoms with van der Waals surface area (Å²) in [5, 5.41) is 0. The van der Waals surface area contributed by atoms with Crippen LogP contribution in [0.15, 0.2) is 30.3 Å². The number of hydrogen-bond acceptors (Lipinski definition) is 2. The van der Waals surface area contributed by atoms with Crippen molar-refractivity contribution in [2.75, 3.05) is 26.0 Å². The van der Waals surface area contributed by atoms with E-state index in [0.717, 1.165) is 18.7 Å². The third-order valence-electron chi connectivity index (χ3n) is 2.28. The molecular formula is C12H16ClNO. The summed E-state index contributed by atoms with van der Waals surface area (Å²) in [7, 11) is 1.97. The van der Waals surface area contributed by atoms with Crippen LogP contribution in [0.25, 0.3) is 0 Å². The summed E-state index contributed by atoms with van der Waals surface area (Å²) in [4.78, 5) is 13.8. The highest BCUT2D eigenvalue weighted by Gasteiger charge is 2.06. The Balaban J connectivity index is 2.37. The molecule has 0 unspecified atom stereocenters. The van der Waals surface area contributed by atoms with E-state index in [2.05, 4.69) is 4.90 Å². The lowest BCUT2D eigenvalue weighted by atomic mass is 10.1. The van der Waals surface area contributed by atoms with E-state index in [-0.39, 0.29) is 5.78 Å². The van der Waals surface area contributed by atoms with Crippen LogP contribution in [0, 0.1) is 0 Å². The molecule has 0 aliphatic heterocycles. The van der Waals surface area contributed by atoms with Crippen molar-refractivity contribution < 1.29 is 4.79 Å². The molecule has 0 aliphatic carbocycles. The second kappa shape index (κ2) is 6.59. The van der Waals surface area contributed by atoms with Gasteiger partial charge in [-0.15, -0.1) is 11.6 Å². The number of hydrogen-bond donors (Lipinski definition) is 0. The highest BCUT2D eigenvalue weighted by atomic mass is 35.5. The van der Waals surface area contributed by atoms with Gasteiger partial charge in [0.1, 0.15) is 0 Å². The van der Waals surface area contributed by atoms with Crippen molar-refractivity contribution in [2.24, 2.45) is 0 Å². The van der Waals surface area contributed by atoms with E-state index in [1.54, 1.807) is 0 Å². The van der Waals surface area contributed by atoms with Crippen LogP contribution in [0.1, 0.15) is 16.8 Å². The number of Topliss-reactive ketones (excluding diaryl/α,β-unsaturated/α-hetero) is 1. The summed E-state index contributed by atoms with van der Waals surface area (Å²) in [5.41, 5.74) is 0.789. The molecule has 0 heterocycles. The van der Waals surface area contributed by atoms with Gasteiger partial charge in [-0.3, -0.25) is 4.79 Å². The summed E-state index contributed by atoms with van der Waals surface area (Å²) >= 11 is 5.60. The van der Waals surface area contributed by atoms with E-state index in [9.17, 15) is 4.79 Å². The molecule has 2 nitrogen and oxygen atoms in total. The largest absolute Gasteiger partial charge is 0.305 e. The maximum absolute atomic E-state index is 11.7. The molecule has 0 saturated heterocycles. The molecule has 3 heteroatoms. The molecule has 82 valence electrons. The van der Waals surface area contributed by atoms with Crippen LogP contribution in [0.2, 0.25) is 0 Å². The van der Waals surface area contributed by atoms with Gasteiger partial charge in [-0.2, -0.15) is 0 Å². The minimum absolute atomic E-state index is 0.192. The number of carbonyl (C=O) groups excluding carboxylic acids is 1. The summed E-state index contributed by atoms with van der Waals surface area (Å²) in [5.74, 6) is 0.799. The summed E-state index contributed by atoms with van der Waals surface area (Å²) in [6.07, 6.45) is 0.553. The number of nitrogens with zero attached hydrogens (tertiary/aromatic N) is 1. The Labute approximate surface area is 95.8 Å². The number of carbonyl (C=O) groups is 1. The van der Waals surface area contributed by atoms with Gasteiger partial charge >= 0.3 is 0 Å². The van der Waals surface area contributed by atoms with E-state index < -0.39 is 0 Å². The summed E-state index contributed by atoms with van der Waals surface area (Å²) in [6, 6.07) is 9.38. The second-order valence-electron chi connectivity index (χ2n) is 3.53. The second-order valence-corrected chi connectivity index (χ2v) is 3.91. The Morgan fingerprint density at radius 1 is 1.27 bits per heavy atom. The van der Waals surface area contributed by atoms with Crippen molar-refractivity contribution in [3.63, 3.8) is 0 Å². The first-order valence-electron chi connectivity index (χ1n) is 5.07. The smallest absolute Gasteiger partial charge is 0.164 e. The van der Waals surface area contributed by atoms with Crippen LogP contribution >= 0.6 is 11.6 Å². The number of halogens is 1. The molecule has 15 heavy (non-hydrogen) atoms. The first-order chi connectivity index (χ1) is 7.24. The van der Waals surface area contributed by atoms with Crippen molar-refractivity contribution in [1.29, 1.82) is 0 Å². The lowest BCUT2D eigenvalue weighted by molar-refractivity contribution is 0.0970. The van der Waals surface area contributed by atoms with Gasteiger partial charge in [0, 0.05) is 31.0 Å². The molecule has 0 fully saturated rings. The van der Waals surface area contributed by atoms with Gasteiger partial charge in [0.25, 0.3) is 0 Å². The Kier molecular flexibility index (Phi) is 5.37. The lowest BCUT2D eigenvalue weighted by Gasteiger charge is -2.13. The topological polar surface area (TPSA) is 20.3 Å². The van der Waals surface area contributed by atoms with E-state index in [4.69, 9.17) is 11.6 Å². The molecule has 1 aromatic carbocycles. The maximum atomic E-state index is 11.7. The van der Waals surface area contributed by atoms with Gasteiger partial charge in [-0.05, 0) is 7.05 Å². The van der Waals surface area contributed by atoms with Crippen molar-refractivity contribution in [3.8, 4) is 0 Å². The molecular weight excluding hydrogens is 210 g/mol. The van der Waals surface area contributed by atoms with Crippen LogP contribution in [0.3, 0.4) is 0 Å². The summed E-state index contributed by atoms with van der Waals surface area (Å²) in [6.45, 7) is 1.59. The monoisotopic (exact) mass is 225 g/mol.